The molecule has 0 radical (unpaired) electrons. The van der Waals surface area contributed by atoms with Gasteiger partial charge in [-0.25, -0.2) is 0 Å². The SMILES string of the molecule is Cc1ccc([N+](=O)[O-])cc1C(C)N1CCCC1CC(C)O. The van der Waals surface area contributed by atoms with E-state index in [9.17, 15) is 15.2 Å². The number of nitro groups is 1. The number of nitrogens with zero attached hydrogens (tertiary/aromatic N) is 2. The van der Waals surface area contributed by atoms with Crippen LogP contribution in [0.1, 0.15) is 50.3 Å². The summed E-state index contributed by atoms with van der Waals surface area (Å²) in [5.74, 6) is 0. The van der Waals surface area contributed by atoms with Crippen LogP contribution in [-0.4, -0.2) is 33.6 Å². The van der Waals surface area contributed by atoms with Crippen molar-refractivity contribution >= 4 is 5.69 Å². The number of hydrogen-bond donors (Lipinski definition) is 1. The van der Waals surface area contributed by atoms with E-state index in [0.717, 1.165) is 36.9 Å². The molecule has 3 unspecified atom stereocenters. The van der Waals surface area contributed by atoms with Gasteiger partial charge in [0.15, 0.2) is 0 Å². The topological polar surface area (TPSA) is 66.6 Å². The molecule has 0 amide bonds. The van der Waals surface area contributed by atoms with Gasteiger partial charge in [0.2, 0.25) is 0 Å². The fraction of sp³-hybridized carbons (Fsp3) is 0.625. The molecule has 1 aromatic carbocycles. The lowest BCUT2D eigenvalue weighted by atomic mass is 9.98. The van der Waals surface area contributed by atoms with Gasteiger partial charge in [0, 0.05) is 24.2 Å². The molecule has 0 saturated carbocycles. The molecule has 21 heavy (non-hydrogen) atoms. The van der Waals surface area contributed by atoms with E-state index >= 15 is 0 Å². The monoisotopic (exact) mass is 292 g/mol. The number of aryl methyl sites for hydroxylation is 1. The average molecular weight is 292 g/mol. The van der Waals surface area contributed by atoms with E-state index in [2.05, 4.69) is 11.8 Å². The molecule has 0 aliphatic carbocycles. The molecule has 5 nitrogen and oxygen atoms in total. The number of rotatable bonds is 5. The molecule has 116 valence electrons. The van der Waals surface area contributed by atoms with Crippen LogP contribution < -0.4 is 0 Å². The molecule has 5 heteroatoms. The van der Waals surface area contributed by atoms with E-state index in [1.807, 2.05) is 19.9 Å². The first-order valence-corrected chi connectivity index (χ1v) is 7.59. The van der Waals surface area contributed by atoms with Crippen molar-refractivity contribution in [3.05, 3.63) is 39.4 Å². The third kappa shape index (κ3) is 3.60. The molecule has 1 aliphatic heterocycles. The van der Waals surface area contributed by atoms with Crippen molar-refractivity contribution < 1.29 is 10.0 Å². The maximum Gasteiger partial charge on any atom is 0.269 e. The summed E-state index contributed by atoms with van der Waals surface area (Å²) >= 11 is 0. The van der Waals surface area contributed by atoms with Crippen LogP contribution in [0, 0.1) is 17.0 Å². The van der Waals surface area contributed by atoms with Crippen LogP contribution in [0.2, 0.25) is 0 Å². The van der Waals surface area contributed by atoms with E-state index < -0.39 is 0 Å². The largest absolute Gasteiger partial charge is 0.393 e. The van der Waals surface area contributed by atoms with Crippen molar-refractivity contribution in [3.8, 4) is 0 Å². The van der Waals surface area contributed by atoms with Gasteiger partial charge in [-0.1, -0.05) is 6.07 Å². The first kappa shape index (κ1) is 15.9. The lowest BCUT2D eigenvalue weighted by Gasteiger charge is -2.32. The Balaban J connectivity index is 2.24. The predicted octanol–water partition coefficient (Wildman–Crippen LogP) is 3.20. The Morgan fingerprint density at radius 1 is 1.48 bits per heavy atom. The molecule has 1 aromatic rings. The zero-order chi connectivity index (χ0) is 15.6. The van der Waals surface area contributed by atoms with Crippen molar-refractivity contribution in [2.24, 2.45) is 0 Å². The minimum atomic E-state index is -0.340. The zero-order valence-electron chi connectivity index (χ0n) is 13.0. The highest BCUT2D eigenvalue weighted by Gasteiger charge is 2.31. The van der Waals surface area contributed by atoms with E-state index in [1.165, 1.54) is 0 Å². The average Bonchev–Trinajstić information content (AvgIpc) is 2.85. The quantitative estimate of drug-likeness (QED) is 0.668. The molecule has 1 heterocycles. The van der Waals surface area contributed by atoms with Crippen molar-refractivity contribution in [3.63, 3.8) is 0 Å². The highest BCUT2D eigenvalue weighted by molar-refractivity contribution is 5.41. The first-order valence-electron chi connectivity index (χ1n) is 7.59. The number of non-ortho nitro benzene ring substituents is 1. The molecular weight excluding hydrogens is 268 g/mol. The van der Waals surface area contributed by atoms with Gasteiger partial charge >= 0.3 is 0 Å². The summed E-state index contributed by atoms with van der Waals surface area (Å²) in [6.45, 7) is 6.90. The molecular formula is C16H24N2O3. The normalized spacial score (nSPS) is 22.2. The van der Waals surface area contributed by atoms with E-state index in [0.29, 0.717) is 6.04 Å². The molecule has 0 spiro atoms. The van der Waals surface area contributed by atoms with Gasteiger partial charge in [-0.2, -0.15) is 0 Å². The number of benzene rings is 1. The lowest BCUT2D eigenvalue weighted by molar-refractivity contribution is -0.385. The second-order valence-electron chi connectivity index (χ2n) is 6.09. The fourth-order valence-corrected chi connectivity index (χ4v) is 3.38. The van der Waals surface area contributed by atoms with Crippen LogP contribution in [0.25, 0.3) is 0 Å². The summed E-state index contributed by atoms with van der Waals surface area (Å²) in [5, 5.41) is 20.6. The van der Waals surface area contributed by atoms with E-state index in [1.54, 1.807) is 12.1 Å². The Kier molecular flexibility index (Phi) is 4.96. The van der Waals surface area contributed by atoms with Gasteiger partial charge < -0.3 is 5.11 Å². The van der Waals surface area contributed by atoms with Gasteiger partial charge in [0.05, 0.1) is 11.0 Å². The van der Waals surface area contributed by atoms with Crippen molar-refractivity contribution in [1.82, 2.24) is 4.90 Å². The van der Waals surface area contributed by atoms with Crippen LogP contribution >= 0.6 is 0 Å². The maximum atomic E-state index is 11.0. The Hall–Kier alpha value is -1.46. The summed E-state index contributed by atoms with van der Waals surface area (Å²) in [6.07, 6.45) is 2.66. The minimum absolute atomic E-state index is 0.135. The smallest absolute Gasteiger partial charge is 0.269 e. The highest BCUT2D eigenvalue weighted by atomic mass is 16.6. The van der Waals surface area contributed by atoms with Gasteiger partial charge in [-0.05, 0) is 57.7 Å². The lowest BCUT2D eigenvalue weighted by Crippen LogP contribution is -2.34. The fourth-order valence-electron chi connectivity index (χ4n) is 3.38. The van der Waals surface area contributed by atoms with Crippen molar-refractivity contribution in [2.75, 3.05) is 6.54 Å². The standard InChI is InChI=1S/C16H24N2O3/c1-11-6-7-15(18(20)21)10-16(11)13(3)17-8-4-5-14(17)9-12(2)19/h6-7,10,12-14,19H,4-5,8-9H2,1-3H3. The Morgan fingerprint density at radius 2 is 2.19 bits per heavy atom. The molecule has 0 bridgehead atoms. The van der Waals surface area contributed by atoms with Gasteiger partial charge in [0.25, 0.3) is 5.69 Å². The van der Waals surface area contributed by atoms with Crippen LogP contribution in [0.3, 0.4) is 0 Å². The molecule has 1 aliphatic rings. The Labute approximate surface area is 125 Å². The predicted molar refractivity (Wildman–Crippen MR) is 82.3 cm³/mol. The van der Waals surface area contributed by atoms with Gasteiger partial charge in [-0.3, -0.25) is 15.0 Å². The zero-order valence-corrected chi connectivity index (χ0v) is 13.0. The first-order chi connectivity index (χ1) is 9.90. The third-order valence-electron chi connectivity index (χ3n) is 4.46. The second-order valence-corrected chi connectivity index (χ2v) is 6.09. The minimum Gasteiger partial charge on any atom is -0.393 e. The van der Waals surface area contributed by atoms with Crippen molar-refractivity contribution in [1.29, 1.82) is 0 Å². The molecule has 3 atom stereocenters. The summed E-state index contributed by atoms with van der Waals surface area (Å²) in [7, 11) is 0. The second kappa shape index (κ2) is 6.54. The third-order valence-corrected chi connectivity index (χ3v) is 4.46. The summed E-state index contributed by atoms with van der Waals surface area (Å²) < 4.78 is 0. The van der Waals surface area contributed by atoms with Crippen LogP contribution in [-0.2, 0) is 0 Å². The van der Waals surface area contributed by atoms with Crippen molar-refractivity contribution in [2.45, 2.75) is 58.2 Å². The van der Waals surface area contributed by atoms with Crippen LogP contribution in [0.15, 0.2) is 18.2 Å². The number of aliphatic hydroxyl groups is 1. The van der Waals surface area contributed by atoms with Gasteiger partial charge in [-0.15, -0.1) is 0 Å². The van der Waals surface area contributed by atoms with Crippen LogP contribution in [0.5, 0.6) is 0 Å². The molecule has 1 fully saturated rings. The summed E-state index contributed by atoms with van der Waals surface area (Å²) in [4.78, 5) is 13.0. The van der Waals surface area contributed by atoms with Gasteiger partial charge in [0.1, 0.15) is 0 Å². The maximum absolute atomic E-state index is 11.0. The summed E-state index contributed by atoms with van der Waals surface area (Å²) in [6, 6.07) is 5.57. The van der Waals surface area contributed by atoms with E-state index in [4.69, 9.17) is 0 Å². The molecule has 1 saturated heterocycles. The Morgan fingerprint density at radius 3 is 2.81 bits per heavy atom. The number of aliphatic hydroxyl groups excluding tert-OH is 1. The highest BCUT2D eigenvalue weighted by Crippen LogP contribution is 2.34. The molecule has 1 N–H and O–H groups in total. The molecule has 0 aromatic heterocycles. The molecule has 2 rings (SSSR count). The number of hydrogen-bond acceptors (Lipinski definition) is 4. The van der Waals surface area contributed by atoms with E-state index in [-0.39, 0.29) is 22.8 Å². The summed E-state index contributed by atoms with van der Waals surface area (Å²) in [5.41, 5.74) is 2.24. The Bertz CT molecular complexity index is 516. The van der Waals surface area contributed by atoms with Crippen LogP contribution in [0.4, 0.5) is 5.69 Å². The number of nitro benzene ring substituents is 1. The number of likely N-dealkylation sites (tertiary alicyclic amines) is 1.